The highest BCUT2D eigenvalue weighted by Crippen LogP contribution is 2.23. The molecule has 1 rings (SSSR count). The van der Waals surface area contributed by atoms with E-state index in [1.807, 2.05) is 19.1 Å². The third-order valence-corrected chi connectivity index (χ3v) is 2.66. The predicted octanol–water partition coefficient (Wildman–Crippen LogP) is 2.00. The molecule has 0 aromatic carbocycles. The third-order valence-electron chi connectivity index (χ3n) is 2.66. The summed E-state index contributed by atoms with van der Waals surface area (Å²) in [6, 6.07) is 3.76. The molecule has 0 fully saturated rings. The van der Waals surface area contributed by atoms with Crippen LogP contribution in [0, 0.1) is 0 Å². The van der Waals surface area contributed by atoms with Gasteiger partial charge in [-0.3, -0.25) is 0 Å². The van der Waals surface area contributed by atoms with Crippen molar-refractivity contribution in [2.75, 3.05) is 31.2 Å². The third kappa shape index (κ3) is 3.98. The van der Waals surface area contributed by atoms with Gasteiger partial charge in [0.2, 0.25) is 0 Å². The fourth-order valence-electron chi connectivity index (χ4n) is 1.73. The van der Waals surface area contributed by atoms with Crippen molar-refractivity contribution in [2.24, 2.45) is 0 Å². The van der Waals surface area contributed by atoms with Gasteiger partial charge in [-0.25, -0.2) is 4.98 Å². The number of rotatable bonds is 7. The number of hydrogen-bond donors (Lipinski definition) is 1. The van der Waals surface area contributed by atoms with Gasteiger partial charge in [-0.2, -0.15) is 0 Å². The standard InChI is InChI=1S/C13H22N2O2/c1-4-15(9-10-17-5-2)13-12(11(3)16)7-6-8-14-13/h6-8,11,16H,4-5,9-10H2,1-3H3/t11-/m0/s1. The molecule has 1 N–H and O–H groups in total. The number of hydrogen-bond acceptors (Lipinski definition) is 4. The maximum Gasteiger partial charge on any atom is 0.134 e. The lowest BCUT2D eigenvalue weighted by Crippen LogP contribution is -2.29. The molecule has 17 heavy (non-hydrogen) atoms. The summed E-state index contributed by atoms with van der Waals surface area (Å²) in [6.45, 7) is 8.87. The van der Waals surface area contributed by atoms with E-state index < -0.39 is 6.10 Å². The molecule has 1 atom stereocenters. The van der Waals surface area contributed by atoms with E-state index >= 15 is 0 Å². The molecule has 0 aliphatic carbocycles. The Labute approximate surface area is 103 Å². The highest BCUT2D eigenvalue weighted by atomic mass is 16.5. The lowest BCUT2D eigenvalue weighted by atomic mass is 10.1. The lowest BCUT2D eigenvalue weighted by molar-refractivity contribution is 0.153. The minimum absolute atomic E-state index is 0.500. The molecule has 0 saturated heterocycles. The van der Waals surface area contributed by atoms with E-state index in [0.717, 1.165) is 31.1 Å². The summed E-state index contributed by atoms with van der Waals surface area (Å²) in [5, 5.41) is 9.72. The summed E-state index contributed by atoms with van der Waals surface area (Å²) in [6.07, 6.45) is 1.25. The van der Waals surface area contributed by atoms with Gasteiger partial charge in [0, 0.05) is 31.5 Å². The molecule has 0 aliphatic heterocycles. The van der Waals surface area contributed by atoms with Gasteiger partial charge in [-0.1, -0.05) is 6.07 Å². The topological polar surface area (TPSA) is 45.6 Å². The normalized spacial score (nSPS) is 12.5. The van der Waals surface area contributed by atoms with Gasteiger partial charge in [0.25, 0.3) is 0 Å². The van der Waals surface area contributed by atoms with Gasteiger partial charge in [0.1, 0.15) is 5.82 Å². The summed E-state index contributed by atoms with van der Waals surface area (Å²) >= 11 is 0. The van der Waals surface area contributed by atoms with E-state index in [-0.39, 0.29) is 0 Å². The summed E-state index contributed by atoms with van der Waals surface area (Å²) in [5.74, 6) is 0.852. The van der Waals surface area contributed by atoms with Crippen molar-refractivity contribution in [3.63, 3.8) is 0 Å². The fraction of sp³-hybridized carbons (Fsp3) is 0.615. The van der Waals surface area contributed by atoms with Crippen LogP contribution in [0.5, 0.6) is 0 Å². The maximum absolute atomic E-state index is 9.72. The van der Waals surface area contributed by atoms with Crippen LogP contribution in [0.2, 0.25) is 0 Å². The molecule has 0 aliphatic rings. The van der Waals surface area contributed by atoms with Crippen LogP contribution < -0.4 is 4.90 Å². The summed E-state index contributed by atoms with van der Waals surface area (Å²) in [5.41, 5.74) is 0.867. The number of anilines is 1. The number of ether oxygens (including phenoxy) is 1. The maximum atomic E-state index is 9.72. The highest BCUT2D eigenvalue weighted by molar-refractivity contribution is 5.47. The average molecular weight is 238 g/mol. The van der Waals surface area contributed by atoms with Crippen molar-refractivity contribution in [2.45, 2.75) is 26.9 Å². The number of likely N-dealkylation sites (N-methyl/N-ethyl adjacent to an activating group) is 1. The predicted molar refractivity (Wildman–Crippen MR) is 69.3 cm³/mol. The van der Waals surface area contributed by atoms with E-state index in [1.165, 1.54) is 0 Å². The van der Waals surface area contributed by atoms with E-state index in [1.54, 1.807) is 13.1 Å². The van der Waals surface area contributed by atoms with Crippen LogP contribution in [-0.4, -0.2) is 36.4 Å². The van der Waals surface area contributed by atoms with Gasteiger partial charge < -0.3 is 14.7 Å². The molecular formula is C13H22N2O2. The SMILES string of the molecule is CCOCCN(CC)c1ncccc1[C@H](C)O. The highest BCUT2D eigenvalue weighted by Gasteiger charge is 2.13. The molecule has 0 amide bonds. The van der Waals surface area contributed by atoms with Crippen molar-refractivity contribution < 1.29 is 9.84 Å². The molecule has 4 nitrogen and oxygen atoms in total. The van der Waals surface area contributed by atoms with Crippen molar-refractivity contribution in [3.05, 3.63) is 23.9 Å². The first-order valence-corrected chi connectivity index (χ1v) is 6.16. The molecule has 0 radical (unpaired) electrons. The number of pyridine rings is 1. The number of aliphatic hydroxyl groups excluding tert-OH is 1. The van der Waals surface area contributed by atoms with Crippen LogP contribution >= 0.6 is 0 Å². The molecule has 0 unspecified atom stereocenters. The second-order valence-corrected chi connectivity index (χ2v) is 3.87. The largest absolute Gasteiger partial charge is 0.389 e. The van der Waals surface area contributed by atoms with Crippen LogP contribution in [0.4, 0.5) is 5.82 Å². The zero-order valence-corrected chi connectivity index (χ0v) is 10.9. The smallest absolute Gasteiger partial charge is 0.134 e. The van der Waals surface area contributed by atoms with Crippen molar-refractivity contribution in [1.82, 2.24) is 4.98 Å². The van der Waals surface area contributed by atoms with Crippen molar-refractivity contribution in [1.29, 1.82) is 0 Å². The van der Waals surface area contributed by atoms with E-state index in [0.29, 0.717) is 6.61 Å². The zero-order valence-electron chi connectivity index (χ0n) is 10.9. The monoisotopic (exact) mass is 238 g/mol. The van der Waals surface area contributed by atoms with Gasteiger partial charge >= 0.3 is 0 Å². The Balaban J connectivity index is 2.79. The minimum Gasteiger partial charge on any atom is -0.389 e. The quantitative estimate of drug-likeness (QED) is 0.738. The first-order valence-electron chi connectivity index (χ1n) is 6.16. The molecule has 0 saturated carbocycles. The summed E-state index contributed by atoms with van der Waals surface area (Å²) in [4.78, 5) is 6.48. The van der Waals surface area contributed by atoms with Crippen LogP contribution in [0.3, 0.4) is 0 Å². The Hall–Kier alpha value is -1.13. The first-order chi connectivity index (χ1) is 8.20. The van der Waals surface area contributed by atoms with Gasteiger partial charge in [-0.05, 0) is 26.8 Å². The number of nitrogens with zero attached hydrogens (tertiary/aromatic N) is 2. The molecular weight excluding hydrogens is 216 g/mol. The molecule has 1 heterocycles. The second kappa shape index (κ2) is 7.25. The second-order valence-electron chi connectivity index (χ2n) is 3.87. The van der Waals surface area contributed by atoms with Crippen LogP contribution in [0.15, 0.2) is 18.3 Å². The Bertz CT molecular complexity index is 329. The van der Waals surface area contributed by atoms with E-state index in [9.17, 15) is 5.11 Å². The number of aromatic nitrogens is 1. The van der Waals surface area contributed by atoms with Crippen LogP contribution in [0.1, 0.15) is 32.4 Å². The van der Waals surface area contributed by atoms with E-state index in [2.05, 4.69) is 16.8 Å². The molecule has 96 valence electrons. The van der Waals surface area contributed by atoms with Crippen LogP contribution in [0.25, 0.3) is 0 Å². The lowest BCUT2D eigenvalue weighted by Gasteiger charge is -2.25. The van der Waals surface area contributed by atoms with Crippen molar-refractivity contribution >= 4 is 5.82 Å². The van der Waals surface area contributed by atoms with Gasteiger partial charge in [0.05, 0.1) is 12.7 Å². The Morgan fingerprint density at radius 1 is 1.47 bits per heavy atom. The van der Waals surface area contributed by atoms with Gasteiger partial charge in [-0.15, -0.1) is 0 Å². The van der Waals surface area contributed by atoms with Crippen LogP contribution in [-0.2, 0) is 4.74 Å². The molecule has 0 bridgehead atoms. The Morgan fingerprint density at radius 2 is 2.24 bits per heavy atom. The number of aliphatic hydroxyl groups is 1. The molecule has 1 aromatic heterocycles. The van der Waals surface area contributed by atoms with Gasteiger partial charge in [0.15, 0.2) is 0 Å². The molecule has 0 spiro atoms. The molecule has 4 heteroatoms. The Morgan fingerprint density at radius 3 is 2.82 bits per heavy atom. The first kappa shape index (κ1) is 13.9. The average Bonchev–Trinajstić information content (AvgIpc) is 2.35. The minimum atomic E-state index is -0.500. The summed E-state index contributed by atoms with van der Waals surface area (Å²) in [7, 11) is 0. The fourth-order valence-corrected chi connectivity index (χ4v) is 1.73. The zero-order chi connectivity index (χ0) is 12.7. The molecule has 1 aromatic rings. The Kier molecular flexibility index (Phi) is 5.94. The summed E-state index contributed by atoms with van der Waals surface area (Å²) < 4.78 is 5.36. The van der Waals surface area contributed by atoms with Crippen molar-refractivity contribution in [3.8, 4) is 0 Å². The van der Waals surface area contributed by atoms with E-state index in [4.69, 9.17) is 4.74 Å².